The first kappa shape index (κ1) is 13.9. The van der Waals surface area contributed by atoms with Crippen molar-refractivity contribution in [1.29, 1.82) is 0 Å². The summed E-state index contributed by atoms with van der Waals surface area (Å²) in [6.45, 7) is 0.962. The lowest BCUT2D eigenvalue weighted by Crippen LogP contribution is -2.43. The minimum absolute atomic E-state index is 0.740. The molecule has 2 unspecified atom stereocenters. The molecule has 2 atom stereocenters. The van der Waals surface area contributed by atoms with Crippen LogP contribution in [0.1, 0.15) is 37.1 Å². The van der Waals surface area contributed by atoms with Crippen molar-refractivity contribution < 1.29 is 0 Å². The van der Waals surface area contributed by atoms with E-state index in [2.05, 4.69) is 45.3 Å². The number of aromatic nitrogens is 3. The van der Waals surface area contributed by atoms with E-state index in [1.54, 1.807) is 6.33 Å². The molecule has 2 aromatic rings. The Balaban J connectivity index is 1.42. The van der Waals surface area contributed by atoms with Gasteiger partial charge in [0.2, 0.25) is 0 Å². The topological polar surface area (TPSA) is 34.0 Å². The van der Waals surface area contributed by atoms with Gasteiger partial charge in [-0.3, -0.25) is 9.58 Å². The van der Waals surface area contributed by atoms with Crippen molar-refractivity contribution in [2.75, 3.05) is 0 Å². The zero-order valence-electron chi connectivity index (χ0n) is 13.2. The number of aryl methyl sites for hydroxylation is 1. The molecule has 4 nitrogen and oxygen atoms in total. The Bertz CT molecular complexity index is 607. The Kier molecular flexibility index (Phi) is 3.70. The molecule has 116 valence electrons. The second-order valence-corrected chi connectivity index (χ2v) is 6.88. The molecule has 0 N–H and O–H groups in total. The summed E-state index contributed by atoms with van der Waals surface area (Å²) in [4.78, 5) is 7.09. The first-order chi connectivity index (χ1) is 10.8. The quantitative estimate of drug-likeness (QED) is 0.870. The molecule has 4 heteroatoms. The van der Waals surface area contributed by atoms with Gasteiger partial charge in [0, 0.05) is 19.1 Å². The Morgan fingerprint density at radius 3 is 2.45 bits per heavy atom. The van der Waals surface area contributed by atoms with Crippen molar-refractivity contribution in [3.63, 3.8) is 0 Å². The molecule has 2 aliphatic rings. The van der Waals surface area contributed by atoms with E-state index < -0.39 is 0 Å². The maximum absolute atomic E-state index is 4.40. The Labute approximate surface area is 132 Å². The SMILES string of the molecule is Cn1ncnc1CN1C2CCC1CC(Cc1ccccc1)C2. The van der Waals surface area contributed by atoms with E-state index in [1.165, 1.54) is 37.7 Å². The van der Waals surface area contributed by atoms with Gasteiger partial charge in [0.15, 0.2) is 0 Å². The van der Waals surface area contributed by atoms with E-state index in [1.807, 2.05) is 11.7 Å². The summed E-state index contributed by atoms with van der Waals surface area (Å²) in [6.07, 6.45) is 8.29. The molecule has 1 aromatic heterocycles. The van der Waals surface area contributed by atoms with Crippen molar-refractivity contribution in [3.8, 4) is 0 Å². The van der Waals surface area contributed by atoms with Crippen molar-refractivity contribution in [3.05, 3.63) is 48.0 Å². The second-order valence-electron chi connectivity index (χ2n) is 6.88. The number of hydrogen-bond acceptors (Lipinski definition) is 3. The van der Waals surface area contributed by atoms with Gasteiger partial charge in [0.1, 0.15) is 12.2 Å². The number of hydrogen-bond donors (Lipinski definition) is 0. The highest BCUT2D eigenvalue weighted by molar-refractivity contribution is 5.16. The largest absolute Gasteiger partial charge is 0.290 e. The van der Waals surface area contributed by atoms with E-state index in [-0.39, 0.29) is 0 Å². The van der Waals surface area contributed by atoms with Crippen molar-refractivity contribution in [1.82, 2.24) is 19.7 Å². The van der Waals surface area contributed by atoms with Crippen LogP contribution in [0.4, 0.5) is 0 Å². The van der Waals surface area contributed by atoms with Gasteiger partial charge in [0.05, 0.1) is 6.54 Å². The molecule has 0 amide bonds. The fourth-order valence-corrected chi connectivity index (χ4v) is 4.39. The van der Waals surface area contributed by atoms with E-state index in [0.717, 1.165) is 30.4 Å². The van der Waals surface area contributed by atoms with Crippen LogP contribution in [0.25, 0.3) is 0 Å². The van der Waals surface area contributed by atoms with Crippen LogP contribution in [0.3, 0.4) is 0 Å². The van der Waals surface area contributed by atoms with E-state index >= 15 is 0 Å². The molecule has 4 rings (SSSR count). The summed E-state index contributed by atoms with van der Waals surface area (Å²) in [6, 6.07) is 12.5. The standard InChI is InChI=1S/C18H24N4/c1-21-18(19-13-20-21)12-22-16-7-8-17(22)11-15(10-16)9-14-5-3-2-4-6-14/h2-6,13,15-17H,7-12H2,1H3. The van der Waals surface area contributed by atoms with E-state index in [4.69, 9.17) is 0 Å². The highest BCUT2D eigenvalue weighted by Crippen LogP contribution is 2.40. The lowest BCUT2D eigenvalue weighted by molar-refractivity contribution is 0.0922. The number of benzene rings is 1. The summed E-state index contributed by atoms with van der Waals surface area (Å²) >= 11 is 0. The number of piperidine rings is 1. The lowest BCUT2D eigenvalue weighted by Gasteiger charge is -2.38. The molecule has 0 spiro atoms. The molecule has 22 heavy (non-hydrogen) atoms. The average molecular weight is 296 g/mol. The van der Waals surface area contributed by atoms with Crippen LogP contribution in [-0.2, 0) is 20.0 Å². The molecular weight excluding hydrogens is 272 g/mol. The van der Waals surface area contributed by atoms with Gasteiger partial charge in [-0.2, -0.15) is 5.10 Å². The summed E-state index contributed by atoms with van der Waals surface area (Å²) in [5, 5.41) is 4.20. The van der Waals surface area contributed by atoms with Crippen LogP contribution in [-0.4, -0.2) is 31.7 Å². The third kappa shape index (κ3) is 2.68. The predicted molar refractivity (Wildman–Crippen MR) is 86.2 cm³/mol. The van der Waals surface area contributed by atoms with Crippen molar-refractivity contribution in [2.24, 2.45) is 13.0 Å². The monoisotopic (exact) mass is 296 g/mol. The summed E-state index contributed by atoms with van der Waals surface area (Å²) < 4.78 is 1.91. The molecule has 0 aliphatic carbocycles. The highest BCUT2D eigenvalue weighted by atomic mass is 15.3. The van der Waals surface area contributed by atoms with Gasteiger partial charge in [0.25, 0.3) is 0 Å². The predicted octanol–water partition coefficient (Wildman–Crippen LogP) is 2.80. The maximum atomic E-state index is 4.40. The average Bonchev–Trinajstić information content (AvgIpc) is 3.02. The normalized spacial score (nSPS) is 28.1. The van der Waals surface area contributed by atoms with Crippen LogP contribution >= 0.6 is 0 Å². The molecule has 0 radical (unpaired) electrons. The van der Waals surface area contributed by atoms with Crippen LogP contribution in [0.15, 0.2) is 36.7 Å². The van der Waals surface area contributed by atoms with Gasteiger partial charge >= 0.3 is 0 Å². The van der Waals surface area contributed by atoms with Crippen LogP contribution in [0.5, 0.6) is 0 Å². The van der Waals surface area contributed by atoms with Gasteiger partial charge < -0.3 is 0 Å². The third-order valence-corrected chi connectivity index (χ3v) is 5.48. The van der Waals surface area contributed by atoms with Crippen LogP contribution in [0, 0.1) is 5.92 Å². The molecule has 2 saturated heterocycles. The molecule has 0 saturated carbocycles. The first-order valence-electron chi connectivity index (χ1n) is 8.42. The van der Waals surface area contributed by atoms with Crippen LogP contribution < -0.4 is 0 Å². The summed E-state index contributed by atoms with van der Waals surface area (Å²) in [5.41, 5.74) is 1.49. The minimum atomic E-state index is 0.740. The fourth-order valence-electron chi connectivity index (χ4n) is 4.39. The number of rotatable bonds is 4. The zero-order valence-corrected chi connectivity index (χ0v) is 13.2. The molecule has 1 aromatic carbocycles. The van der Waals surface area contributed by atoms with E-state index in [9.17, 15) is 0 Å². The summed E-state index contributed by atoms with van der Waals surface area (Å²) in [7, 11) is 1.99. The van der Waals surface area contributed by atoms with Gasteiger partial charge in [-0.1, -0.05) is 30.3 Å². The smallest absolute Gasteiger partial charge is 0.140 e. The van der Waals surface area contributed by atoms with Crippen LogP contribution in [0.2, 0.25) is 0 Å². The maximum Gasteiger partial charge on any atom is 0.140 e. The van der Waals surface area contributed by atoms with Crippen molar-refractivity contribution in [2.45, 2.75) is 50.7 Å². The molecule has 2 fully saturated rings. The van der Waals surface area contributed by atoms with Gasteiger partial charge in [-0.05, 0) is 43.6 Å². The molecule has 2 aliphatic heterocycles. The van der Waals surface area contributed by atoms with E-state index in [0.29, 0.717) is 0 Å². The minimum Gasteiger partial charge on any atom is -0.290 e. The Morgan fingerprint density at radius 2 is 1.82 bits per heavy atom. The highest BCUT2D eigenvalue weighted by Gasteiger charge is 2.40. The zero-order chi connectivity index (χ0) is 14.9. The third-order valence-electron chi connectivity index (χ3n) is 5.48. The van der Waals surface area contributed by atoms with Gasteiger partial charge in [-0.15, -0.1) is 0 Å². The summed E-state index contributed by atoms with van der Waals surface area (Å²) in [5.74, 6) is 1.94. The first-order valence-corrected chi connectivity index (χ1v) is 8.42. The molecule has 3 heterocycles. The second kappa shape index (κ2) is 5.84. The number of fused-ring (bicyclic) bond motifs is 2. The number of nitrogens with zero attached hydrogens (tertiary/aromatic N) is 4. The molecular formula is C18H24N4. The Hall–Kier alpha value is -1.68. The molecule has 2 bridgehead atoms. The lowest BCUT2D eigenvalue weighted by atomic mass is 9.86. The van der Waals surface area contributed by atoms with Gasteiger partial charge in [-0.25, -0.2) is 4.98 Å². The van der Waals surface area contributed by atoms with Crippen molar-refractivity contribution >= 4 is 0 Å². The Morgan fingerprint density at radius 1 is 1.09 bits per heavy atom. The fraction of sp³-hybridized carbons (Fsp3) is 0.556.